The fourth-order valence-corrected chi connectivity index (χ4v) is 3.70. The highest BCUT2D eigenvalue weighted by Gasteiger charge is 2.11. The van der Waals surface area contributed by atoms with Gasteiger partial charge in [0.05, 0.1) is 17.2 Å². The summed E-state index contributed by atoms with van der Waals surface area (Å²) in [6.07, 6.45) is 6.28. The van der Waals surface area contributed by atoms with E-state index in [-0.39, 0.29) is 0 Å². The number of fused-ring (bicyclic) bond motifs is 1. The van der Waals surface area contributed by atoms with Crippen LogP contribution in [0.15, 0.2) is 60.2 Å². The van der Waals surface area contributed by atoms with Crippen LogP contribution in [-0.2, 0) is 0 Å². The first kappa shape index (κ1) is 18.7. The number of rotatable bonds is 5. The van der Waals surface area contributed by atoms with Crippen LogP contribution in [0, 0.1) is 13.8 Å². The molecule has 0 fully saturated rings. The van der Waals surface area contributed by atoms with E-state index in [9.17, 15) is 4.79 Å². The first-order valence-electron chi connectivity index (χ1n) is 8.84. The fraction of sp³-hybridized carbons (Fsp3) is 0.0952. The second-order valence-electron chi connectivity index (χ2n) is 6.26. The van der Waals surface area contributed by atoms with Crippen LogP contribution in [0.3, 0.4) is 0 Å². The van der Waals surface area contributed by atoms with Crippen molar-refractivity contribution in [3.05, 3.63) is 76.7 Å². The molecular weight excluding hydrogens is 386 g/mol. The van der Waals surface area contributed by atoms with Gasteiger partial charge in [-0.25, -0.2) is 14.8 Å². The van der Waals surface area contributed by atoms with Crippen LogP contribution >= 0.6 is 11.3 Å². The molecule has 4 aromatic rings. The van der Waals surface area contributed by atoms with Gasteiger partial charge in [-0.05, 0) is 61.4 Å². The van der Waals surface area contributed by atoms with E-state index in [1.807, 2.05) is 12.1 Å². The number of ether oxygens (including phenoxy) is 1. The summed E-state index contributed by atoms with van der Waals surface area (Å²) in [5.41, 5.74) is 5.40. The van der Waals surface area contributed by atoms with E-state index in [2.05, 4.69) is 39.3 Å². The van der Waals surface area contributed by atoms with Gasteiger partial charge >= 0.3 is 5.97 Å². The Hall–Kier alpha value is -3.65. The number of nitrogens with zero attached hydrogens (tertiary/aromatic N) is 4. The molecule has 0 saturated heterocycles. The molecule has 4 rings (SSSR count). The van der Waals surface area contributed by atoms with Crippen LogP contribution in [0.5, 0.6) is 5.75 Å². The molecule has 0 radical (unpaired) electrons. The Balaban J connectivity index is 1.43. The molecule has 0 amide bonds. The number of aromatic nitrogens is 3. The van der Waals surface area contributed by atoms with Crippen molar-refractivity contribution in [2.24, 2.45) is 5.10 Å². The van der Waals surface area contributed by atoms with Crippen LogP contribution in [0.2, 0.25) is 0 Å². The summed E-state index contributed by atoms with van der Waals surface area (Å²) in [7, 11) is 0. The van der Waals surface area contributed by atoms with Gasteiger partial charge in [-0.2, -0.15) is 5.10 Å². The third-order valence-corrected chi connectivity index (χ3v) is 5.45. The standard InChI is InChI=1S/C21H17N5O2S/c1-13-14(2)29-20-18(13)19(23-12-24-20)26-25-10-15-5-7-17(8-6-15)28-21(27)16-4-3-9-22-11-16/h3-12H,1-2H3,(H,23,24,26)/b25-10+. The van der Waals surface area contributed by atoms with Gasteiger partial charge in [-0.1, -0.05) is 0 Å². The summed E-state index contributed by atoms with van der Waals surface area (Å²) < 4.78 is 5.34. The van der Waals surface area contributed by atoms with Crippen molar-refractivity contribution in [2.45, 2.75) is 13.8 Å². The maximum atomic E-state index is 12.1. The smallest absolute Gasteiger partial charge is 0.345 e. The molecule has 3 aromatic heterocycles. The van der Waals surface area contributed by atoms with Crippen molar-refractivity contribution in [1.82, 2.24) is 15.0 Å². The number of esters is 1. The lowest BCUT2D eigenvalue weighted by Crippen LogP contribution is -2.08. The number of benzene rings is 1. The molecular formula is C21H17N5O2S. The zero-order chi connectivity index (χ0) is 20.2. The highest BCUT2D eigenvalue weighted by molar-refractivity contribution is 7.18. The molecule has 0 aliphatic heterocycles. The summed E-state index contributed by atoms with van der Waals surface area (Å²) in [5, 5.41) is 5.26. The molecule has 1 N–H and O–H groups in total. The predicted octanol–water partition coefficient (Wildman–Crippen LogP) is 4.37. The molecule has 0 saturated carbocycles. The lowest BCUT2D eigenvalue weighted by atomic mass is 10.2. The molecule has 7 nitrogen and oxygen atoms in total. The molecule has 8 heteroatoms. The van der Waals surface area contributed by atoms with Gasteiger partial charge in [-0.15, -0.1) is 11.3 Å². The van der Waals surface area contributed by atoms with Gasteiger partial charge in [0.15, 0.2) is 5.82 Å². The van der Waals surface area contributed by atoms with Crippen molar-refractivity contribution < 1.29 is 9.53 Å². The largest absolute Gasteiger partial charge is 0.423 e. The average molecular weight is 403 g/mol. The lowest BCUT2D eigenvalue weighted by Gasteiger charge is -2.04. The van der Waals surface area contributed by atoms with E-state index in [4.69, 9.17) is 4.74 Å². The molecule has 0 aliphatic rings. The molecule has 0 aliphatic carbocycles. The van der Waals surface area contributed by atoms with Crippen LogP contribution in [0.4, 0.5) is 5.82 Å². The molecule has 0 unspecified atom stereocenters. The summed E-state index contributed by atoms with van der Waals surface area (Å²) in [6, 6.07) is 10.4. The van der Waals surface area contributed by atoms with E-state index in [0.717, 1.165) is 21.3 Å². The first-order valence-corrected chi connectivity index (χ1v) is 9.65. The van der Waals surface area contributed by atoms with E-state index in [0.29, 0.717) is 17.1 Å². The molecule has 144 valence electrons. The topological polar surface area (TPSA) is 89.4 Å². The van der Waals surface area contributed by atoms with Gasteiger partial charge in [0.25, 0.3) is 0 Å². The van der Waals surface area contributed by atoms with E-state index in [1.54, 1.807) is 48.0 Å². The lowest BCUT2D eigenvalue weighted by molar-refractivity contribution is 0.0734. The molecule has 0 bridgehead atoms. The molecule has 29 heavy (non-hydrogen) atoms. The van der Waals surface area contributed by atoms with Crippen molar-refractivity contribution in [3.63, 3.8) is 0 Å². The monoisotopic (exact) mass is 403 g/mol. The van der Waals surface area contributed by atoms with Gasteiger partial charge in [0.2, 0.25) is 0 Å². The Kier molecular flexibility index (Phi) is 5.26. The Bertz CT molecular complexity index is 1190. The zero-order valence-corrected chi connectivity index (χ0v) is 16.6. The van der Waals surface area contributed by atoms with Crippen LogP contribution < -0.4 is 10.2 Å². The SMILES string of the molecule is Cc1sc2ncnc(N/N=C/c3ccc(OC(=O)c4cccnc4)cc3)c2c1C. The Morgan fingerprint density at radius 2 is 2.00 bits per heavy atom. The fourth-order valence-electron chi connectivity index (χ4n) is 2.71. The normalized spacial score (nSPS) is 11.1. The van der Waals surface area contributed by atoms with Gasteiger partial charge in [0, 0.05) is 17.3 Å². The quantitative estimate of drug-likeness (QED) is 0.230. The number of aryl methyl sites for hydroxylation is 2. The molecule has 0 atom stereocenters. The second kappa shape index (κ2) is 8.15. The number of hydrazone groups is 1. The van der Waals surface area contributed by atoms with Crippen LogP contribution in [0.1, 0.15) is 26.4 Å². The second-order valence-corrected chi connectivity index (χ2v) is 7.46. The van der Waals surface area contributed by atoms with Crippen molar-refractivity contribution in [2.75, 3.05) is 5.43 Å². The van der Waals surface area contributed by atoms with Gasteiger partial charge < -0.3 is 4.74 Å². The number of anilines is 1. The van der Waals surface area contributed by atoms with Crippen molar-refractivity contribution >= 4 is 39.6 Å². The van der Waals surface area contributed by atoms with E-state index >= 15 is 0 Å². The maximum Gasteiger partial charge on any atom is 0.345 e. The highest BCUT2D eigenvalue weighted by Crippen LogP contribution is 2.32. The number of pyridine rings is 1. The van der Waals surface area contributed by atoms with Crippen molar-refractivity contribution in [1.29, 1.82) is 0 Å². The minimum atomic E-state index is -0.449. The highest BCUT2D eigenvalue weighted by atomic mass is 32.1. The zero-order valence-electron chi connectivity index (χ0n) is 15.8. The summed E-state index contributed by atoms with van der Waals surface area (Å²) >= 11 is 1.64. The first-order chi connectivity index (χ1) is 14.1. The Morgan fingerprint density at radius 1 is 1.17 bits per heavy atom. The Morgan fingerprint density at radius 3 is 2.76 bits per heavy atom. The molecule has 1 aromatic carbocycles. The van der Waals surface area contributed by atoms with Crippen molar-refractivity contribution in [3.8, 4) is 5.75 Å². The molecule has 3 heterocycles. The maximum absolute atomic E-state index is 12.1. The minimum absolute atomic E-state index is 0.400. The summed E-state index contributed by atoms with van der Waals surface area (Å²) in [6.45, 7) is 4.12. The Labute approximate surface area is 171 Å². The van der Waals surface area contributed by atoms with Gasteiger partial charge in [-0.3, -0.25) is 10.4 Å². The predicted molar refractivity (Wildman–Crippen MR) is 114 cm³/mol. The van der Waals surface area contributed by atoms with Gasteiger partial charge in [0.1, 0.15) is 16.9 Å². The third-order valence-electron chi connectivity index (χ3n) is 4.34. The number of hydrogen-bond acceptors (Lipinski definition) is 8. The number of hydrogen-bond donors (Lipinski definition) is 1. The summed E-state index contributed by atoms with van der Waals surface area (Å²) in [4.78, 5) is 26.7. The number of carbonyl (C=O) groups excluding carboxylic acids is 1. The van der Waals surface area contributed by atoms with E-state index in [1.165, 1.54) is 17.4 Å². The minimum Gasteiger partial charge on any atom is -0.423 e. The summed E-state index contributed by atoms with van der Waals surface area (Å²) in [5.74, 6) is 0.677. The average Bonchev–Trinajstić information content (AvgIpc) is 3.04. The van der Waals surface area contributed by atoms with Crippen LogP contribution in [-0.4, -0.2) is 27.1 Å². The number of nitrogens with one attached hydrogen (secondary N) is 1. The third kappa shape index (κ3) is 4.12. The van der Waals surface area contributed by atoms with Crippen LogP contribution in [0.25, 0.3) is 10.2 Å². The molecule has 0 spiro atoms. The number of thiophene rings is 1. The van der Waals surface area contributed by atoms with E-state index < -0.39 is 5.97 Å². The number of carbonyl (C=O) groups is 1.